The standard InChI is InChI=1S/C22H25NO5/c1-4-27-21(25)6-5-11-28-20-10-9-18-13-17(7-8-19(18)14-20)12-15(2)22(26)23-16(3)24/h7-10,12-14H,4-6,11H2,1-3H3,(H,23,24,26)/b15-12+. The second-order valence-electron chi connectivity index (χ2n) is 6.36. The molecule has 6 heteroatoms. The maximum Gasteiger partial charge on any atom is 0.305 e. The normalized spacial score (nSPS) is 11.2. The first-order valence-corrected chi connectivity index (χ1v) is 9.21. The van der Waals surface area contributed by atoms with Gasteiger partial charge in [-0.25, -0.2) is 0 Å². The van der Waals surface area contributed by atoms with Crippen LogP contribution in [0.1, 0.15) is 39.2 Å². The second-order valence-corrected chi connectivity index (χ2v) is 6.36. The van der Waals surface area contributed by atoms with E-state index < -0.39 is 5.91 Å². The number of fused-ring (bicyclic) bond motifs is 1. The van der Waals surface area contributed by atoms with E-state index >= 15 is 0 Å². The van der Waals surface area contributed by atoms with Crippen LogP contribution in [0.15, 0.2) is 42.0 Å². The molecule has 0 spiro atoms. The Hall–Kier alpha value is -3.15. The Morgan fingerprint density at radius 1 is 1.04 bits per heavy atom. The number of carbonyl (C=O) groups excluding carboxylic acids is 3. The van der Waals surface area contributed by atoms with Gasteiger partial charge in [0.2, 0.25) is 5.91 Å². The van der Waals surface area contributed by atoms with Crippen LogP contribution in [0.5, 0.6) is 5.75 Å². The summed E-state index contributed by atoms with van der Waals surface area (Å²) in [5.74, 6) is -0.264. The molecule has 0 aliphatic rings. The highest BCUT2D eigenvalue weighted by atomic mass is 16.5. The van der Waals surface area contributed by atoms with Crippen LogP contribution >= 0.6 is 0 Å². The van der Waals surface area contributed by atoms with Gasteiger partial charge in [-0.3, -0.25) is 19.7 Å². The molecule has 0 unspecified atom stereocenters. The molecule has 0 heterocycles. The molecular formula is C22H25NO5. The van der Waals surface area contributed by atoms with Crippen molar-refractivity contribution in [2.24, 2.45) is 0 Å². The Labute approximate surface area is 164 Å². The topological polar surface area (TPSA) is 81.7 Å². The predicted octanol–water partition coefficient (Wildman–Crippen LogP) is 3.63. The van der Waals surface area contributed by atoms with E-state index in [-0.39, 0.29) is 11.9 Å². The number of rotatable bonds is 8. The van der Waals surface area contributed by atoms with E-state index in [0.717, 1.165) is 22.1 Å². The summed E-state index contributed by atoms with van der Waals surface area (Å²) in [5.41, 5.74) is 1.32. The fraction of sp³-hybridized carbons (Fsp3) is 0.318. The molecule has 0 saturated heterocycles. The van der Waals surface area contributed by atoms with Gasteiger partial charge in [0.05, 0.1) is 13.2 Å². The quantitative estimate of drug-likeness (QED) is 0.428. The van der Waals surface area contributed by atoms with Crippen LogP contribution in [0.4, 0.5) is 0 Å². The first-order valence-electron chi connectivity index (χ1n) is 9.21. The average molecular weight is 383 g/mol. The number of hydrogen-bond acceptors (Lipinski definition) is 5. The molecule has 0 bridgehead atoms. The molecule has 0 radical (unpaired) electrons. The highest BCUT2D eigenvalue weighted by Crippen LogP contribution is 2.23. The summed E-state index contributed by atoms with van der Waals surface area (Å²) < 4.78 is 10.6. The number of nitrogens with one attached hydrogen (secondary N) is 1. The fourth-order valence-electron chi connectivity index (χ4n) is 2.64. The Morgan fingerprint density at radius 2 is 1.75 bits per heavy atom. The molecule has 0 aromatic heterocycles. The zero-order valence-electron chi connectivity index (χ0n) is 16.4. The van der Waals surface area contributed by atoms with E-state index in [1.807, 2.05) is 36.4 Å². The first kappa shape index (κ1) is 21.2. The minimum absolute atomic E-state index is 0.211. The lowest BCUT2D eigenvalue weighted by Crippen LogP contribution is -2.28. The Bertz CT molecular complexity index is 901. The third-order valence-electron chi connectivity index (χ3n) is 3.97. The molecule has 2 aromatic rings. The van der Waals surface area contributed by atoms with Gasteiger partial charge in [0.25, 0.3) is 5.91 Å². The van der Waals surface area contributed by atoms with Gasteiger partial charge < -0.3 is 9.47 Å². The molecule has 0 aliphatic carbocycles. The number of carbonyl (C=O) groups is 3. The molecule has 2 amide bonds. The molecule has 2 rings (SSSR count). The first-order chi connectivity index (χ1) is 13.4. The van der Waals surface area contributed by atoms with Gasteiger partial charge in [0.1, 0.15) is 5.75 Å². The van der Waals surface area contributed by atoms with Crippen molar-refractivity contribution in [2.45, 2.75) is 33.6 Å². The lowest BCUT2D eigenvalue weighted by molar-refractivity contribution is -0.143. The maximum absolute atomic E-state index is 11.8. The summed E-state index contributed by atoms with van der Waals surface area (Å²) in [6.07, 6.45) is 2.67. The van der Waals surface area contributed by atoms with E-state index in [1.54, 1.807) is 19.9 Å². The molecule has 148 valence electrons. The van der Waals surface area contributed by atoms with Crippen molar-refractivity contribution in [3.05, 3.63) is 47.5 Å². The molecule has 0 saturated carbocycles. The minimum Gasteiger partial charge on any atom is -0.494 e. The van der Waals surface area contributed by atoms with Crippen LogP contribution in [0.2, 0.25) is 0 Å². The van der Waals surface area contributed by atoms with Crippen LogP contribution < -0.4 is 10.1 Å². The number of ether oxygens (including phenoxy) is 2. The number of imide groups is 1. The zero-order valence-corrected chi connectivity index (χ0v) is 16.4. The van der Waals surface area contributed by atoms with Crippen molar-refractivity contribution in [1.82, 2.24) is 5.32 Å². The third-order valence-corrected chi connectivity index (χ3v) is 3.97. The lowest BCUT2D eigenvalue weighted by Gasteiger charge is -2.08. The number of amides is 2. The highest BCUT2D eigenvalue weighted by Gasteiger charge is 2.07. The molecule has 28 heavy (non-hydrogen) atoms. The van der Waals surface area contributed by atoms with E-state index in [1.165, 1.54) is 6.92 Å². The van der Waals surface area contributed by atoms with Crippen molar-refractivity contribution < 1.29 is 23.9 Å². The monoisotopic (exact) mass is 383 g/mol. The van der Waals surface area contributed by atoms with Crippen molar-refractivity contribution >= 4 is 34.6 Å². The third kappa shape index (κ3) is 6.54. The van der Waals surface area contributed by atoms with Gasteiger partial charge in [0, 0.05) is 18.9 Å². The predicted molar refractivity (Wildman–Crippen MR) is 108 cm³/mol. The summed E-state index contributed by atoms with van der Waals surface area (Å²) in [6, 6.07) is 11.6. The second kappa shape index (κ2) is 10.3. The van der Waals surface area contributed by atoms with Gasteiger partial charge in [0.15, 0.2) is 0 Å². The summed E-state index contributed by atoms with van der Waals surface area (Å²) in [5, 5.41) is 4.27. The van der Waals surface area contributed by atoms with E-state index in [2.05, 4.69) is 5.32 Å². The molecule has 0 fully saturated rings. The molecule has 2 aromatic carbocycles. The average Bonchev–Trinajstić information content (AvgIpc) is 2.65. The van der Waals surface area contributed by atoms with E-state index in [9.17, 15) is 14.4 Å². The Balaban J connectivity index is 2.00. The molecule has 0 aliphatic heterocycles. The largest absolute Gasteiger partial charge is 0.494 e. The van der Waals surface area contributed by atoms with E-state index in [4.69, 9.17) is 9.47 Å². The molecule has 1 N–H and O–H groups in total. The van der Waals surface area contributed by atoms with Crippen LogP contribution in [0.25, 0.3) is 16.8 Å². The summed E-state index contributed by atoms with van der Waals surface area (Å²) in [6.45, 7) is 5.58. The van der Waals surface area contributed by atoms with Crippen LogP contribution in [-0.4, -0.2) is 31.0 Å². The fourth-order valence-corrected chi connectivity index (χ4v) is 2.64. The summed E-state index contributed by atoms with van der Waals surface area (Å²) >= 11 is 0. The molecule has 0 atom stereocenters. The molecular weight excluding hydrogens is 358 g/mol. The SMILES string of the molecule is CCOC(=O)CCCOc1ccc2cc(/C=C(\C)C(=O)NC(C)=O)ccc2c1. The minimum atomic E-state index is -0.404. The number of benzene rings is 2. The van der Waals surface area contributed by atoms with Crippen molar-refractivity contribution in [3.8, 4) is 5.75 Å². The number of esters is 1. The number of hydrogen-bond donors (Lipinski definition) is 1. The summed E-state index contributed by atoms with van der Waals surface area (Å²) in [7, 11) is 0. The molecule has 6 nitrogen and oxygen atoms in total. The lowest BCUT2D eigenvalue weighted by atomic mass is 10.0. The summed E-state index contributed by atoms with van der Waals surface area (Å²) in [4.78, 5) is 34.1. The van der Waals surface area contributed by atoms with Gasteiger partial charge in [-0.05, 0) is 60.9 Å². The smallest absolute Gasteiger partial charge is 0.305 e. The van der Waals surface area contributed by atoms with Crippen LogP contribution in [0, 0.1) is 0 Å². The van der Waals surface area contributed by atoms with Crippen molar-refractivity contribution in [3.63, 3.8) is 0 Å². The zero-order chi connectivity index (χ0) is 20.5. The Kier molecular flexibility index (Phi) is 7.75. The maximum atomic E-state index is 11.8. The Morgan fingerprint density at radius 3 is 2.46 bits per heavy atom. The van der Waals surface area contributed by atoms with Crippen molar-refractivity contribution in [1.29, 1.82) is 0 Å². The van der Waals surface area contributed by atoms with Gasteiger partial charge >= 0.3 is 5.97 Å². The van der Waals surface area contributed by atoms with Gasteiger partial charge in [-0.1, -0.05) is 18.2 Å². The van der Waals surface area contributed by atoms with Gasteiger partial charge in [-0.15, -0.1) is 0 Å². The van der Waals surface area contributed by atoms with Crippen LogP contribution in [-0.2, 0) is 19.1 Å². The van der Waals surface area contributed by atoms with Crippen LogP contribution in [0.3, 0.4) is 0 Å². The highest BCUT2D eigenvalue weighted by molar-refractivity contribution is 6.06. The van der Waals surface area contributed by atoms with E-state index in [0.29, 0.717) is 31.6 Å². The van der Waals surface area contributed by atoms with Gasteiger partial charge in [-0.2, -0.15) is 0 Å². The van der Waals surface area contributed by atoms with Crippen molar-refractivity contribution in [2.75, 3.05) is 13.2 Å².